The van der Waals surface area contributed by atoms with E-state index in [1.807, 2.05) is 17.5 Å². The van der Waals surface area contributed by atoms with Crippen LogP contribution in [0.25, 0.3) is 0 Å². The second-order valence-corrected chi connectivity index (χ2v) is 5.80. The maximum absolute atomic E-state index is 6.28. The van der Waals surface area contributed by atoms with Gasteiger partial charge in [0.05, 0.1) is 10.4 Å². The predicted octanol–water partition coefficient (Wildman–Crippen LogP) is 4.99. The lowest BCUT2D eigenvalue weighted by molar-refractivity contribution is 0.960. The third-order valence-electron chi connectivity index (χ3n) is 1.89. The Balaban J connectivity index is 2.10. The van der Waals surface area contributed by atoms with E-state index in [-0.39, 0.29) is 5.38 Å². The van der Waals surface area contributed by atoms with E-state index in [0.717, 1.165) is 16.3 Å². The monoisotopic (exact) mass is 262 g/mol. The average Bonchev–Trinajstić information content (AvgIpc) is 2.75. The van der Waals surface area contributed by atoms with Crippen LogP contribution in [-0.4, -0.2) is 0 Å². The normalized spacial score (nSPS) is 13.0. The van der Waals surface area contributed by atoms with Gasteiger partial charge in [0, 0.05) is 16.2 Å². The SMILES string of the molecule is Clc1ccsc1C(Cl)Cc1cccs1. The van der Waals surface area contributed by atoms with Crippen molar-refractivity contribution in [3.63, 3.8) is 0 Å². The third-order valence-corrected chi connectivity index (χ3v) is 4.76. The lowest BCUT2D eigenvalue weighted by Gasteiger charge is -2.05. The van der Waals surface area contributed by atoms with Gasteiger partial charge >= 0.3 is 0 Å². The largest absolute Gasteiger partial charge is 0.149 e. The minimum absolute atomic E-state index is 0.00106. The molecule has 0 aliphatic carbocycles. The first-order chi connectivity index (χ1) is 6.77. The van der Waals surface area contributed by atoms with Crippen molar-refractivity contribution in [3.05, 3.63) is 43.7 Å². The van der Waals surface area contributed by atoms with E-state index in [4.69, 9.17) is 23.2 Å². The van der Waals surface area contributed by atoms with Crippen molar-refractivity contribution in [1.29, 1.82) is 0 Å². The molecule has 0 spiro atoms. The van der Waals surface area contributed by atoms with Gasteiger partial charge in [-0.15, -0.1) is 34.3 Å². The first-order valence-electron chi connectivity index (χ1n) is 4.16. The summed E-state index contributed by atoms with van der Waals surface area (Å²) in [6.45, 7) is 0. The Hall–Kier alpha value is -0.0200. The summed E-state index contributed by atoms with van der Waals surface area (Å²) in [5, 5.41) is 4.82. The summed E-state index contributed by atoms with van der Waals surface area (Å²) in [5.41, 5.74) is 0. The number of rotatable bonds is 3. The van der Waals surface area contributed by atoms with Crippen LogP contribution in [0.15, 0.2) is 29.0 Å². The Bertz CT molecular complexity index is 392. The minimum atomic E-state index is 0.00106. The Kier molecular flexibility index (Phi) is 3.50. The van der Waals surface area contributed by atoms with Crippen LogP contribution in [0.2, 0.25) is 5.02 Å². The zero-order valence-corrected chi connectivity index (χ0v) is 10.4. The summed E-state index contributed by atoms with van der Waals surface area (Å²) in [7, 11) is 0. The molecule has 0 saturated heterocycles. The van der Waals surface area contributed by atoms with E-state index in [0.29, 0.717) is 0 Å². The summed E-state index contributed by atoms with van der Waals surface area (Å²) in [4.78, 5) is 2.37. The molecule has 0 fully saturated rings. The molecule has 74 valence electrons. The van der Waals surface area contributed by atoms with Crippen molar-refractivity contribution in [1.82, 2.24) is 0 Å². The van der Waals surface area contributed by atoms with Gasteiger partial charge in [-0.05, 0) is 22.9 Å². The van der Waals surface area contributed by atoms with Crippen molar-refractivity contribution in [2.45, 2.75) is 11.8 Å². The molecule has 4 heteroatoms. The molecular formula is C10H8Cl2S2. The summed E-state index contributed by atoms with van der Waals surface area (Å²) in [6, 6.07) is 6.03. The Morgan fingerprint density at radius 2 is 2.07 bits per heavy atom. The van der Waals surface area contributed by atoms with Crippen LogP contribution in [0.3, 0.4) is 0 Å². The molecule has 1 atom stereocenters. The Morgan fingerprint density at radius 3 is 2.64 bits per heavy atom. The van der Waals surface area contributed by atoms with E-state index in [2.05, 4.69) is 11.4 Å². The molecule has 0 aromatic carbocycles. The molecule has 2 rings (SSSR count). The predicted molar refractivity (Wildman–Crippen MR) is 65.9 cm³/mol. The number of hydrogen-bond donors (Lipinski definition) is 0. The number of halogens is 2. The fourth-order valence-electron chi connectivity index (χ4n) is 1.23. The van der Waals surface area contributed by atoms with Gasteiger partial charge in [0.15, 0.2) is 0 Å². The zero-order valence-electron chi connectivity index (χ0n) is 7.24. The minimum Gasteiger partial charge on any atom is -0.149 e. The van der Waals surface area contributed by atoms with Crippen molar-refractivity contribution < 1.29 is 0 Å². The topological polar surface area (TPSA) is 0 Å². The molecule has 0 amide bonds. The lowest BCUT2D eigenvalue weighted by atomic mass is 10.2. The maximum atomic E-state index is 6.28. The molecule has 0 aliphatic heterocycles. The fraction of sp³-hybridized carbons (Fsp3) is 0.200. The van der Waals surface area contributed by atoms with Crippen molar-refractivity contribution in [2.24, 2.45) is 0 Å². The first-order valence-corrected chi connectivity index (χ1v) is 6.74. The van der Waals surface area contributed by atoms with Gasteiger partial charge in [-0.1, -0.05) is 17.7 Å². The highest BCUT2D eigenvalue weighted by molar-refractivity contribution is 7.11. The second-order valence-electron chi connectivity index (χ2n) is 2.88. The van der Waals surface area contributed by atoms with Crippen LogP contribution in [0.1, 0.15) is 15.1 Å². The average molecular weight is 263 g/mol. The summed E-state index contributed by atoms with van der Waals surface area (Å²) in [6.07, 6.45) is 0.861. The highest BCUT2D eigenvalue weighted by Crippen LogP contribution is 2.35. The molecule has 0 nitrogen and oxygen atoms in total. The van der Waals surface area contributed by atoms with Crippen molar-refractivity contribution >= 4 is 45.9 Å². The van der Waals surface area contributed by atoms with Gasteiger partial charge in [-0.2, -0.15) is 0 Å². The summed E-state index contributed by atoms with van der Waals surface area (Å²) in [5.74, 6) is 0. The van der Waals surface area contributed by atoms with Gasteiger partial charge in [-0.3, -0.25) is 0 Å². The van der Waals surface area contributed by atoms with Gasteiger partial charge in [0.25, 0.3) is 0 Å². The smallest absolute Gasteiger partial charge is 0.0741 e. The molecular weight excluding hydrogens is 255 g/mol. The molecule has 14 heavy (non-hydrogen) atoms. The van der Waals surface area contributed by atoms with Crippen LogP contribution >= 0.6 is 45.9 Å². The number of alkyl halides is 1. The molecule has 2 aromatic rings. The Morgan fingerprint density at radius 1 is 1.21 bits per heavy atom. The van der Waals surface area contributed by atoms with Gasteiger partial charge in [0.1, 0.15) is 0 Å². The molecule has 2 aromatic heterocycles. The molecule has 0 radical (unpaired) electrons. The maximum Gasteiger partial charge on any atom is 0.0741 e. The highest BCUT2D eigenvalue weighted by atomic mass is 35.5. The van der Waals surface area contributed by atoms with E-state index in [1.165, 1.54) is 4.88 Å². The highest BCUT2D eigenvalue weighted by Gasteiger charge is 2.14. The molecule has 0 bridgehead atoms. The zero-order chi connectivity index (χ0) is 9.97. The number of thiophene rings is 2. The van der Waals surface area contributed by atoms with E-state index >= 15 is 0 Å². The van der Waals surface area contributed by atoms with Gasteiger partial charge in [0.2, 0.25) is 0 Å². The standard InChI is InChI=1S/C10H8Cl2S2/c11-8-3-5-14-10(8)9(12)6-7-2-1-4-13-7/h1-5,9H,6H2. The molecule has 1 unspecified atom stereocenters. The summed E-state index contributed by atoms with van der Waals surface area (Å²) >= 11 is 15.6. The Labute approximate surface area is 101 Å². The van der Waals surface area contributed by atoms with Crippen molar-refractivity contribution in [3.8, 4) is 0 Å². The van der Waals surface area contributed by atoms with Crippen LogP contribution < -0.4 is 0 Å². The quantitative estimate of drug-likeness (QED) is 0.685. The van der Waals surface area contributed by atoms with Crippen LogP contribution in [0.5, 0.6) is 0 Å². The van der Waals surface area contributed by atoms with Crippen LogP contribution in [-0.2, 0) is 6.42 Å². The van der Waals surface area contributed by atoms with E-state index in [9.17, 15) is 0 Å². The molecule has 0 aliphatic rings. The second kappa shape index (κ2) is 4.67. The summed E-state index contributed by atoms with van der Waals surface area (Å²) < 4.78 is 0. The fourth-order valence-corrected chi connectivity index (χ4v) is 3.73. The third kappa shape index (κ3) is 2.31. The number of hydrogen-bond acceptors (Lipinski definition) is 2. The van der Waals surface area contributed by atoms with Crippen molar-refractivity contribution in [2.75, 3.05) is 0 Å². The van der Waals surface area contributed by atoms with Crippen LogP contribution in [0.4, 0.5) is 0 Å². The van der Waals surface area contributed by atoms with Gasteiger partial charge in [-0.25, -0.2) is 0 Å². The lowest BCUT2D eigenvalue weighted by Crippen LogP contribution is -1.91. The molecule has 0 N–H and O–H groups in total. The van der Waals surface area contributed by atoms with E-state index < -0.39 is 0 Å². The molecule has 0 saturated carbocycles. The van der Waals surface area contributed by atoms with Crippen LogP contribution in [0, 0.1) is 0 Å². The van der Waals surface area contributed by atoms with Gasteiger partial charge < -0.3 is 0 Å². The van der Waals surface area contributed by atoms with E-state index in [1.54, 1.807) is 22.7 Å². The first kappa shape index (κ1) is 10.5. The molecule has 2 heterocycles.